The molecule has 8 heteroatoms. The Morgan fingerprint density at radius 2 is 1.04 bits per heavy atom. The predicted octanol–water partition coefficient (Wildman–Crippen LogP) is -0.738. The third-order valence-corrected chi connectivity index (χ3v) is 11.2. The van der Waals surface area contributed by atoms with Crippen LogP contribution in [0, 0.1) is 0 Å². The van der Waals surface area contributed by atoms with Crippen LogP contribution in [0.2, 0.25) is 0 Å². The molecule has 4 rings (SSSR count). The fourth-order valence-corrected chi connectivity index (χ4v) is 5.30. The van der Waals surface area contributed by atoms with Gasteiger partial charge in [-0.15, -0.1) is 0 Å². The first-order chi connectivity index (χ1) is 13.0. The van der Waals surface area contributed by atoms with Gasteiger partial charge in [0.1, 0.15) is 10.4 Å². The van der Waals surface area contributed by atoms with Crippen LogP contribution in [0.3, 0.4) is 0 Å². The second-order valence-electron chi connectivity index (χ2n) is 10.1. The molecule has 0 unspecified atom stereocenters. The highest BCUT2D eigenvalue weighted by Crippen LogP contribution is 2.35. The number of rotatable bonds is 0. The van der Waals surface area contributed by atoms with Crippen LogP contribution in [0.4, 0.5) is 0 Å². The summed E-state index contributed by atoms with van der Waals surface area (Å²) >= 11 is 0. The van der Waals surface area contributed by atoms with Crippen LogP contribution < -0.4 is 0 Å². The lowest BCUT2D eigenvalue weighted by Crippen LogP contribution is -2.57. The molecule has 0 aromatic carbocycles. The van der Waals surface area contributed by atoms with Gasteiger partial charge in [-0.25, -0.2) is 0 Å². The SMILES string of the molecule is CC1(C)CCCC(C)(C)N1[SiH3].[SiH3]N1CC1.[SiH3]N1CCCCC1.[SiH3]n1cccc1. The fourth-order valence-electron chi connectivity index (χ4n) is 3.68. The number of piperidine rings is 2. The van der Waals surface area contributed by atoms with Crippen molar-refractivity contribution in [3.63, 3.8) is 0 Å². The summed E-state index contributed by atoms with van der Waals surface area (Å²) in [5.74, 6) is 0. The largest absolute Gasteiger partial charge is 0.390 e. The quantitative estimate of drug-likeness (QED) is 0.377. The summed E-state index contributed by atoms with van der Waals surface area (Å²) < 4.78 is 9.72. The zero-order chi connectivity index (χ0) is 21.2. The smallest absolute Gasteiger partial charge is 0.112 e. The van der Waals surface area contributed by atoms with Crippen molar-refractivity contribution in [1.82, 2.24) is 17.9 Å². The Morgan fingerprint density at radius 1 is 0.607 bits per heavy atom. The first-order valence-electron chi connectivity index (χ1n) is 11.2. The highest BCUT2D eigenvalue weighted by Gasteiger charge is 2.37. The number of hydrogen-bond donors (Lipinski definition) is 0. The molecule has 0 saturated carbocycles. The molecule has 1 aromatic heterocycles. The van der Waals surface area contributed by atoms with Gasteiger partial charge in [0.15, 0.2) is 0 Å². The van der Waals surface area contributed by atoms with Gasteiger partial charge < -0.3 is 17.9 Å². The van der Waals surface area contributed by atoms with E-state index in [1.807, 2.05) is 12.1 Å². The molecule has 28 heavy (non-hydrogen) atoms. The molecule has 3 aliphatic heterocycles. The van der Waals surface area contributed by atoms with Gasteiger partial charge in [-0.3, -0.25) is 0 Å². The van der Waals surface area contributed by atoms with E-state index in [1.165, 1.54) is 95.9 Å². The van der Waals surface area contributed by atoms with Crippen LogP contribution in [0.25, 0.3) is 0 Å². The predicted molar refractivity (Wildman–Crippen MR) is 140 cm³/mol. The number of hydrogen-bond acceptors (Lipinski definition) is 3. The van der Waals surface area contributed by atoms with E-state index < -0.39 is 0 Å². The van der Waals surface area contributed by atoms with E-state index in [1.54, 1.807) is 0 Å². The minimum absolute atomic E-state index is 0.466. The second-order valence-corrected chi connectivity index (χ2v) is 14.5. The Hall–Kier alpha value is 0.0275. The van der Waals surface area contributed by atoms with Crippen LogP contribution in [-0.2, 0) is 0 Å². The maximum atomic E-state index is 2.66. The molecule has 4 heterocycles. The van der Waals surface area contributed by atoms with Crippen molar-refractivity contribution >= 4 is 41.6 Å². The summed E-state index contributed by atoms with van der Waals surface area (Å²) in [6.45, 7) is 15.0. The average Bonchev–Trinajstić information content (AvgIpc) is 3.26. The van der Waals surface area contributed by atoms with Crippen molar-refractivity contribution in [3.05, 3.63) is 24.5 Å². The minimum Gasteiger partial charge on any atom is -0.390 e. The van der Waals surface area contributed by atoms with Gasteiger partial charge >= 0.3 is 0 Å². The third-order valence-electron chi connectivity index (χ3n) is 6.40. The lowest BCUT2D eigenvalue weighted by Gasteiger charge is -2.51. The van der Waals surface area contributed by atoms with Crippen molar-refractivity contribution in [1.29, 1.82) is 0 Å². The Balaban J connectivity index is 0.000000199. The molecule has 0 bridgehead atoms. The molecule has 0 N–H and O–H groups in total. The monoisotopic (exact) mass is 456 g/mol. The molecule has 3 aliphatic rings. The van der Waals surface area contributed by atoms with Crippen molar-refractivity contribution in [3.8, 4) is 0 Å². The summed E-state index contributed by atoms with van der Waals surface area (Å²) in [5.41, 5.74) is 0.932. The molecule has 0 aliphatic carbocycles. The van der Waals surface area contributed by atoms with E-state index >= 15 is 0 Å². The summed E-state index contributed by atoms with van der Waals surface area (Å²) in [6.07, 6.45) is 12.6. The van der Waals surface area contributed by atoms with E-state index in [4.69, 9.17) is 0 Å². The van der Waals surface area contributed by atoms with Gasteiger partial charge in [0.25, 0.3) is 0 Å². The van der Waals surface area contributed by atoms with Crippen LogP contribution in [0.1, 0.15) is 66.2 Å². The van der Waals surface area contributed by atoms with E-state index in [9.17, 15) is 0 Å². The summed E-state index contributed by atoms with van der Waals surface area (Å²) in [5, 5.41) is 0. The molecule has 0 spiro atoms. The Bertz CT molecular complexity index is 496. The van der Waals surface area contributed by atoms with E-state index in [-0.39, 0.29) is 0 Å². The molecule has 1 aromatic rings. The Labute approximate surface area is 187 Å². The van der Waals surface area contributed by atoms with Gasteiger partial charge in [-0.2, -0.15) is 0 Å². The first kappa shape index (κ1) is 26.1. The number of nitrogens with zero attached hydrogens (tertiary/aromatic N) is 4. The highest BCUT2D eigenvalue weighted by molar-refractivity contribution is 6.06. The summed E-state index contributed by atoms with van der Waals surface area (Å²) in [4.78, 5) is 0. The molecule has 3 saturated heterocycles. The van der Waals surface area contributed by atoms with Crippen molar-refractivity contribution in [2.24, 2.45) is 0 Å². The zero-order valence-electron chi connectivity index (χ0n) is 20.2. The van der Waals surface area contributed by atoms with Gasteiger partial charge in [0.05, 0.1) is 31.2 Å². The molecule has 0 atom stereocenters. The fraction of sp³-hybridized carbons (Fsp3) is 0.800. The maximum Gasteiger partial charge on any atom is 0.112 e. The van der Waals surface area contributed by atoms with Gasteiger partial charge in [-0.1, -0.05) is 6.42 Å². The normalized spacial score (nSPS) is 24.3. The Morgan fingerprint density at radius 3 is 1.25 bits per heavy atom. The molecule has 4 nitrogen and oxygen atoms in total. The lowest BCUT2D eigenvalue weighted by atomic mass is 9.83. The van der Waals surface area contributed by atoms with Gasteiger partial charge in [0, 0.05) is 24.2 Å². The first-order valence-corrected chi connectivity index (χ1v) is 14.8. The van der Waals surface area contributed by atoms with E-state index in [2.05, 4.69) is 58.0 Å². The van der Waals surface area contributed by atoms with Crippen molar-refractivity contribution < 1.29 is 0 Å². The highest BCUT2D eigenvalue weighted by atomic mass is 28.2. The minimum atomic E-state index is 0.466. The maximum absolute atomic E-state index is 2.66. The van der Waals surface area contributed by atoms with E-state index in [0.717, 1.165) is 10.4 Å². The van der Waals surface area contributed by atoms with E-state index in [0.29, 0.717) is 11.1 Å². The molecule has 164 valence electrons. The summed E-state index contributed by atoms with van der Waals surface area (Å²) in [7, 11) is 4.89. The molecule has 0 amide bonds. The standard InChI is InChI=1S/C9H21NSi.C5H13NSi.C4H7NSi.C2H7NSi/c1-8(2)6-5-7-9(3,4)10(8)11;7-6-4-2-1-3-5-6;6-5-3-1-2-4-5;4-3-1-2-3/h5-7H2,1-4,11H3;1-5H2,7H3;1-4H,6H3;1-2H2,4H3. The van der Waals surface area contributed by atoms with Crippen LogP contribution in [-0.4, -0.2) is 96.8 Å². The molecule has 3 fully saturated rings. The summed E-state index contributed by atoms with van der Waals surface area (Å²) in [6, 6.07) is 4.07. The number of aromatic nitrogens is 1. The van der Waals surface area contributed by atoms with Crippen LogP contribution in [0.5, 0.6) is 0 Å². The topological polar surface area (TPSA) is 14.4 Å². The average molecular weight is 457 g/mol. The Kier molecular flexibility index (Phi) is 11.8. The van der Waals surface area contributed by atoms with Crippen molar-refractivity contribution in [2.75, 3.05) is 26.2 Å². The third kappa shape index (κ3) is 11.3. The van der Waals surface area contributed by atoms with Crippen LogP contribution in [0.15, 0.2) is 24.5 Å². The molecular formula is C20H48N4Si4. The molecule has 0 radical (unpaired) electrons. The van der Waals surface area contributed by atoms with Gasteiger partial charge in [0.2, 0.25) is 0 Å². The molecular weight excluding hydrogens is 409 g/mol. The van der Waals surface area contributed by atoms with Crippen LogP contribution >= 0.6 is 0 Å². The van der Waals surface area contributed by atoms with Crippen molar-refractivity contribution in [2.45, 2.75) is 77.3 Å². The zero-order valence-corrected chi connectivity index (χ0v) is 28.2. The van der Waals surface area contributed by atoms with Gasteiger partial charge in [-0.05, 0) is 97.4 Å². The second kappa shape index (κ2) is 12.7. The lowest BCUT2D eigenvalue weighted by molar-refractivity contribution is 0.0577.